The second-order valence-electron chi connectivity index (χ2n) is 4.83. The van der Waals surface area contributed by atoms with Crippen molar-refractivity contribution < 1.29 is 13.7 Å². The number of methoxy groups -OCH3 is 1. The number of ether oxygens (including phenoxy) is 1. The van der Waals surface area contributed by atoms with Crippen LogP contribution in [-0.4, -0.2) is 23.9 Å². The summed E-state index contributed by atoms with van der Waals surface area (Å²) in [7, 11) is 1.65. The quantitative estimate of drug-likeness (QED) is 0.863. The van der Waals surface area contributed by atoms with Crippen LogP contribution in [0.5, 0.6) is 0 Å². The minimum Gasteiger partial charge on any atom is -0.464 e. The van der Waals surface area contributed by atoms with Crippen molar-refractivity contribution in [2.45, 2.75) is 31.7 Å². The predicted molar refractivity (Wildman–Crippen MR) is 68.0 cm³/mol. The van der Waals surface area contributed by atoms with Crippen LogP contribution < -0.4 is 5.32 Å². The number of aromatic nitrogens is 2. The molecule has 1 saturated carbocycles. The molecule has 0 amide bonds. The maximum Gasteiger partial charge on any atom is 0.322 e. The van der Waals surface area contributed by atoms with Gasteiger partial charge >= 0.3 is 6.01 Å². The van der Waals surface area contributed by atoms with Gasteiger partial charge in [0.15, 0.2) is 5.82 Å². The molecule has 0 bridgehead atoms. The van der Waals surface area contributed by atoms with E-state index in [1.165, 1.54) is 0 Å². The van der Waals surface area contributed by atoms with Crippen LogP contribution in [0.15, 0.2) is 21.1 Å². The Morgan fingerprint density at radius 2 is 2.32 bits per heavy atom. The summed E-state index contributed by atoms with van der Waals surface area (Å²) < 4.78 is 16.0. The Hall–Kier alpha value is -1.82. The Morgan fingerprint density at radius 3 is 2.95 bits per heavy atom. The van der Waals surface area contributed by atoms with E-state index in [9.17, 15) is 0 Å². The number of nitrogens with zero attached hydrogens (tertiary/aromatic N) is 2. The molecule has 6 nitrogen and oxygen atoms in total. The summed E-state index contributed by atoms with van der Waals surface area (Å²) in [5.41, 5.74) is 0. The summed E-state index contributed by atoms with van der Waals surface area (Å²) in [6.07, 6.45) is 2.30. The van der Waals surface area contributed by atoms with Crippen molar-refractivity contribution in [3.8, 4) is 0 Å². The first kappa shape index (κ1) is 12.2. The monoisotopic (exact) mass is 263 g/mol. The molecule has 6 heteroatoms. The first-order valence-corrected chi connectivity index (χ1v) is 6.41. The molecule has 1 aliphatic rings. The van der Waals surface area contributed by atoms with E-state index in [4.69, 9.17) is 13.7 Å². The van der Waals surface area contributed by atoms with E-state index in [1.807, 2.05) is 19.1 Å². The molecule has 0 radical (unpaired) electrons. The van der Waals surface area contributed by atoms with Gasteiger partial charge in [0.2, 0.25) is 0 Å². The maximum atomic E-state index is 5.60. The topological polar surface area (TPSA) is 73.3 Å². The zero-order valence-corrected chi connectivity index (χ0v) is 11.0. The zero-order chi connectivity index (χ0) is 13.2. The highest BCUT2D eigenvalue weighted by Crippen LogP contribution is 2.38. The summed E-state index contributed by atoms with van der Waals surface area (Å²) in [6.45, 7) is 2.37. The Balaban J connectivity index is 1.72. The van der Waals surface area contributed by atoms with E-state index < -0.39 is 0 Å². The molecule has 19 heavy (non-hydrogen) atoms. The number of furan rings is 1. The van der Waals surface area contributed by atoms with Gasteiger partial charge in [-0.2, -0.15) is 4.98 Å². The van der Waals surface area contributed by atoms with Gasteiger partial charge in [-0.1, -0.05) is 5.16 Å². The number of rotatable bonds is 6. The lowest BCUT2D eigenvalue weighted by molar-refractivity contribution is 0.177. The van der Waals surface area contributed by atoms with Crippen molar-refractivity contribution in [1.29, 1.82) is 0 Å². The van der Waals surface area contributed by atoms with Crippen LogP contribution in [0.25, 0.3) is 0 Å². The van der Waals surface area contributed by atoms with E-state index in [0.717, 1.165) is 30.2 Å². The fourth-order valence-corrected chi connectivity index (χ4v) is 1.95. The Bertz CT molecular complexity index is 545. The summed E-state index contributed by atoms with van der Waals surface area (Å²) in [5.74, 6) is 2.92. The smallest absolute Gasteiger partial charge is 0.322 e. The van der Waals surface area contributed by atoms with Gasteiger partial charge in [0.1, 0.15) is 17.6 Å². The van der Waals surface area contributed by atoms with Gasteiger partial charge in [0.25, 0.3) is 0 Å². The number of hydrogen-bond donors (Lipinski definition) is 1. The predicted octanol–water partition coefficient (Wildman–Crippen LogP) is 2.65. The molecule has 2 heterocycles. The largest absolute Gasteiger partial charge is 0.464 e. The number of nitrogens with one attached hydrogen (secondary N) is 1. The molecular weight excluding hydrogens is 246 g/mol. The van der Waals surface area contributed by atoms with E-state index in [0.29, 0.717) is 18.5 Å². The molecule has 102 valence electrons. The second-order valence-corrected chi connectivity index (χ2v) is 4.83. The summed E-state index contributed by atoms with van der Waals surface area (Å²) in [5, 5.41) is 7.12. The summed E-state index contributed by atoms with van der Waals surface area (Å²) >= 11 is 0. The van der Waals surface area contributed by atoms with Crippen LogP contribution in [0, 0.1) is 6.92 Å². The highest BCUT2D eigenvalue weighted by Gasteiger charge is 2.29. The molecule has 0 unspecified atom stereocenters. The average Bonchev–Trinajstić information content (AvgIpc) is 2.99. The van der Waals surface area contributed by atoms with Gasteiger partial charge < -0.3 is 19.0 Å². The van der Waals surface area contributed by atoms with E-state index in [2.05, 4.69) is 15.5 Å². The van der Waals surface area contributed by atoms with Crippen molar-refractivity contribution in [3.05, 3.63) is 29.5 Å². The zero-order valence-electron chi connectivity index (χ0n) is 11.0. The standard InChI is InChI=1S/C13H17N3O3/c1-8-3-6-11(18-8)10(7-17-2)14-13-15-12(16-19-13)9-4-5-9/h3,6,9-10H,4-5,7H2,1-2H3,(H,14,15,16)/t10-/m1/s1. The van der Waals surface area contributed by atoms with Gasteiger partial charge in [0, 0.05) is 13.0 Å². The molecule has 0 aliphatic heterocycles. The van der Waals surface area contributed by atoms with Gasteiger partial charge in [-0.05, 0) is 31.9 Å². The third-order valence-electron chi connectivity index (χ3n) is 3.12. The lowest BCUT2D eigenvalue weighted by atomic mass is 10.2. The molecular formula is C13H17N3O3. The Labute approximate surface area is 111 Å². The summed E-state index contributed by atoms with van der Waals surface area (Å²) in [6, 6.07) is 4.12. The van der Waals surface area contributed by atoms with Gasteiger partial charge in [-0.25, -0.2) is 0 Å². The van der Waals surface area contributed by atoms with Crippen molar-refractivity contribution >= 4 is 6.01 Å². The van der Waals surface area contributed by atoms with Crippen LogP contribution >= 0.6 is 0 Å². The average molecular weight is 263 g/mol. The van der Waals surface area contributed by atoms with Crippen LogP contribution in [-0.2, 0) is 4.74 Å². The van der Waals surface area contributed by atoms with Crippen LogP contribution in [0.4, 0.5) is 6.01 Å². The van der Waals surface area contributed by atoms with Crippen molar-refractivity contribution in [1.82, 2.24) is 10.1 Å². The fourth-order valence-electron chi connectivity index (χ4n) is 1.95. The maximum absolute atomic E-state index is 5.60. The normalized spacial score (nSPS) is 16.5. The lowest BCUT2D eigenvalue weighted by Gasteiger charge is -2.13. The first-order chi connectivity index (χ1) is 9.26. The summed E-state index contributed by atoms with van der Waals surface area (Å²) in [4.78, 5) is 4.34. The minimum absolute atomic E-state index is 0.133. The Morgan fingerprint density at radius 1 is 1.47 bits per heavy atom. The lowest BCUT2D eigenvalue weighted by Crippen LogP contribution is -2.15. The van der Waals surface area contributed by atoms with Crippen molar-refractivity contribution in [3.63, 3.8) is 0 Å². The highest BCUT2D eigenvalue weighted by atomic mass is 16.5. The molecule has 3 rings (SSSR count). The minimum atomic E-state index is -0.133. The van der Waals surface area contributed by atoms with E-state index in [-0.39, 0.29) is 6.04 Å². The molecule has 2 aromatic heterocycles. The van der Waals surface area contributed by atoms with Gasteiger partial charge in [-0.3, -0.25) is 0 Å². The van der Waals surface area contributed by atoms with Gasteiger partial charge in [0.05, 0.1) is 6.61 Å². The molecule has 0 aromatic carbocycles. The Kier molecular flexibility index (Phi) is 3.25. The highest BCUT2D eigenvalue weighted by molar-refractivity contribution is 5.26. The number of hydrogen-bond acceptors (Lipinski definition) is 6. The molecule has 1 atom stereocenters. The van der Waals surface area contributed by atoms with Crippen LogP contribution in [0.1, 0.15) is 42.1 Å². The van der Waals surface area contributed by atoms with Crippen LogP contribution in [0.3, 0.4) is 0 Å². The number of aryl methyl sites for hydroxylation is 1. The second kappa shape index (κ2) is 5.05. The van der Waals surface area contributed by atoms with E-state index in [1.54, 1.807) is 7.11 Å². The molecule has 1 N–H and O–H groups in total. The molecule has 1 fully saturated rings. The molecule has 1 aliphatic carbocycles. The van der Waals surface area contributed by atoms with E-state index >= 15 is 0 Å². The van der Waals surface area contributed by atoms with Gasteiger partial charge in [-0.15, -0.1) is 0 Å². The van der Waals surface area contributed by atoms with Crippen LogP contribution in [0.2, 0.25) is 0 Å². The number of anilines is 1. The van der Waals surface area contributed by atoms with Crippen molar-refractivity contribution in [2.75, 3.05) is 19.0 Å². The third kappa shape index (κ3) is 2.78. The molecule has 0 saturated heterocycles. The fraction of sp³-hybridized carbons (Fsp3) is 0.538. The van der Waals surface area contributed by atoms with Crippen molar-refractivity contribution in [2.24, 2.45) is 0 Å². The first-order valence-electron chi connectivity index (χ1n) is 6.41. The molecule has 2 aromatic rings. The SMILES string of the molecule is COC[C@@H](Nc1nc(C2CC2)no1)c1ccc(C)o1. The molecule has 0 spiro atoms. The third-order valence-corrected chi connectivity index (χ3v) is 3.12.